The average molecular weight is 339 g/mol. The third-order valence-corrected chi connectivity index (χ3v) is 3.89. The largest absolute Gasteiger partial charge is 0.480 e. The Morgan fingerprint density at radius 1 is 1.24 bits per heavy atom. The number of nitrogens with zero attached hydrogens (tertiary/aromatic N) is 4. The molecule has 25 heavy (non-hydrogen) atoms. The van der Waals surface area contributed by atoms with Crippen molar-refractivity contribution in [3.8, 4) is 0 Å². The second-order valence-electron chi connectivity index (χ2n) is 6.91. The normalized spacial score (nSPS) is 12.9. The molecule has 0 aliphatic heterocycles. The van der Waals surface area contributed by atoms with E-state index >= 15 is 0 Å². The number of anilines is 1. The Morgan fingerprint density at radius 2 is 1.96 bits per heavy atom. The van der Waals surface area contributed by atoms with Gasteiger partial charge in [-0.2, -0.15) is 5.10 Å². The highest BCUT2D eigenvalue weighted by Crippen LogP contribution is 2.24. The molecule has 0 amide bonds. The first-order valence-electron chi connectivity index (χ1n) is 8.09. The molecule has 1 aromatic carbocycles. The highest BCUT2D eigenvalue weighted by atomic mass is 16.4. The van der Waals surface area contributed by atoms with Crippen molar-refractivity contribution in [1.29, 1.82) is 0 Å². The van der Waals surface area contributed by atoms with Crippen LogP contribution in [0.3, 0.4) is 0 Å². The minimum absolute atomic E-state index is 0.233. The summed E-state index contributed by atoms with van der Waals surface area (Å²) >= 11 is 0. The quantitative estimate of drug-likeness (QED) is 0.742. The van der Waals surface area contributed by atoms with Gasteiger partial charge in [-0.3, -0.25) is 0 Å². The Hall–Kier alpha value is -2.96. The van der Waals surface area contributed by atoms with Gasteiger partial charge in [-0.25, -0.2) is 19.4 Å². The van der Waals surface area contributed by atoms with Crippen LogP contribution >= 0.6 is 0 Å². The Kier molecular flexibility index (Phi) is 4.39. The average Bonchev–Trinajstić information content (AvgIpc) is 3.00. The van der Waals surface area contributed by atoms with Crippen molar-refractivity contribution in [2.75, 3.05) is 5.32 Å². The molecule has 2 heterocycles. The molecule has 0 unspecified atom stereocenters. The van der Waals surface area contributed by atoms with Crippen LogP contribution in [-0.4, -0.2) is 36.9 Å². The number of aliphatic carboxylic acids is 1. The molecule has 0 fully saturated rings. The fourth-order valence-corrected chi connectivity index (χ4v) is 2.66. The second-order valence-corrected chi connectivity index (χ2v) is 6.91. The Labute approximate surface area is 145 Å². The molecule has 0 saturated carbocycles. The van der Waals surface area contributed by atoms with Crippen LogP contribution in [0.1, 0.15) is 26.3 Å². The Morgan fingerprint density at radius 3 is 2.60 bits per heavy atom. The van der Waals surface area contributed by atoms with Crippen LogP contribution in [0.2, 0.25) is 0 Å². The molecule has 2 aromatic heterocycles. The topological polar surface area (TPSA) is 92.9 Å². The van der Waals surface area contributed by atoms with Gasteiger partial charge in [0.15, 0.2) is 5.65 Å². The number of hydrogen-bond acceptors (Lipinski definition) is 5. The lowest BCUT2D eigenvalue weighted by Gasteiger charge is -2.20. The van der Waals surface area contributed by atoms with Crippen LogP contribution in [-0.2, 0) is 16.8 Å². The SMILES string of the molecule is CC(C)(C)n1ncc2c(N[C@@H](Cc3ccccc3)C(=O)O)ncnc21. The van der Waals surface area contributed by atoms with Gasteiger partial charge in [0.1, 0.15) is 18.2 Å². The molecule has 0 aliphatic carbocycles. The zero-order valence-corrected chi connectivity index (χ0v) is 14.5. The number of fused-ring (bicyclic) bond motifs is 1. The first kappa shape index (κ1) is 16.9. The number of carboxylic acid groups (broad SMARTS) is 1. The maximum Gasteiger partial charge on any atom is 0.326 e. The van der Waals surface area contributed by atoms with Gasteiger partial charge in [0.25, 0.3) is 0 Å². The van der Waals surface area contributed by atoms with E-state index in [0.717, 1.165) is 5.56 Å². The molecular formula is C18H21N5O2. The highest BCUT2D eigenvalue weighted by Gasteiger charge is 2.23. The molecule has 1 atom stereocenters. The third kappa shape index (κ3) is 3.60. The van der Waals surface area contributed by atoms with Crippen LogP contribution in [0.4, 0.5) is 5.82 Å². The molecule has 0 bridgehead atoms. The molecule has 2 N–H and O–H groups in total. The van der Waals surface area contributed by atoms with Crippen molar-refractivity contribution in [3.63, 3.8) is 0 Å². The molecule has 7 heteroatoms. The fraction of sp³-hybridized carbons (Fsp3) is 0.333. The summed E-state index contributed by atoms with van der Waals surface area (Å²) in [4.78, 5) is 20.2. The highest BCUT2D eigenvalue weighted by molar-refractivity contribution is 5.88. The van der Waals surface area contributed by atoms with Gasteiger partial charge in [-0.1, -0.05) is 30.3 Å². The number of nitrogens with one attached hydrogen (secondary N) is 1. The van der Waals surface area contributed by atoms with Crippen LogP contribution in [0.15, 0.2) is 42.9 Å². The van der Waals surface area contributed by atoms with Crippen LogP contribution in [0, 0.1) is 0 Å². The standard InChI is InChI=1S/C18H21N5O2/c1-18(2,3)23-16-13(10-21-23)15(19-11-20-16)22-14(17(24)25)9-12-7-5-4-6-8-12/h4-8,10-11,14H,9H2,1-3H3,(H,24,25)(H,19,20,22)/t14-/m0/s1. The first-order valence-corrected chi connectivity index (χ1v) is 8.09. The third-order valence-electron chi connectivity index (χ3n) is 3.89. The van der Waals surface area contributed by atoms with E-state index in [1.165, 1.54) is 6.33 Å². The maximum atomic E-state index is 11.7. The van der Waals surface area contributed by atoms with E-state index in [4.69, 9.17) is 0 Å². The molecular weight excluding hydrogens is 318 g/mol. The lowest BCUT2D eigenvalue weighted by Crippen LogP contribution is -2.32. The summed E-state index contributed by atoms with van der Waals surface area (Å²) in [5.41, 5.74) is 1.39. The van der Waals surface area contributed by atoms with Crippen molar-refractivity contribution in [3.05, 3.63) is 48.4 Å². The number of carbonyl (C=O) groups is 1. The summed E-state index contributed by atoms with van der Waals surface area (Å²) in [6.07, 6.45) is 3.45. The molecule has 3 rings (SSSR count). The van der Waals surface area contributed by atoms with Crippen molar-refractivity contribution >= 4 is 22.8 Å². The zero-order valence-electron chi connectivity index (χ0n) is 14.5. The number of carboxylic acids is 1. The number of benzene rings is 1. The van der Waals surface area contributed by atoms with E-state index in [-0.39, 0.29) is 5.54 Å². The first-order chi connectivity index (χ1) is 11.9. The second kappa shape index (κ2) is 6.51. The van der Waals surface area contributed by atoms with Crippen LogP contribution < -0.4 is 5.32 Å². The Bertz CT molecular complexity index is 883. The summed E-state index contributed by atoms with van der Waals surface area (Å²) in [7, 11) is 0. The van der Waals surface area contributed by atoms with Gasteiger partial charge in [-0.05, 0) is 26.3 Å². The molecule has 0 aliphatic rings. The smallest absolute Gasteiger partial charge is 0.326 e. The lowest BCUT2D eigenvalue weighted by atomic mass is 10.1. The minimum Gasteiger partial charge on any atom is -0.480 e. The predicted octanol–water partition coefficient (Wildman–Crippen LogP) is 2.69. The van der Waals surface area contributed by atoms with Crippen LogP contribution in [0.5, 0.6) is 0 Å². The van der Waals surface area contributed by atoms with Crippen molar-refractivity contribution in [2.24, 2.45) is 0 Å². The van der Waals surface area contributed by atoms with Crippen molar-refractivity contribution in [1.82, 2.24) is 19.7 Å². The monoisotopic (exact) mass is 339 g/mol. The van der Waals surface area contributed by atoms with Gasteiger partial charge in [-0.15, -0.1) is 0 Å². The van der Waals surface area contributed by atoms with E-state index in [9.17, 15) is 9.90 Å². The van der Waals surface area contributed by atoms with E-state index in [1.54, 1.807) is 6.20 Å². The lowest BCUT2D eigenvalue weighted by molar-refractivity contribution is -0.137. The van der Waals surface area contributed by atoms with E-state index in [0.29, 0.717) is 23.3 Å². The molecule has 7 nitrogen and oxygen atoms in total. The summed E-state index contributed by atoms with van der Waals surface area (Å²) in [6.45, 7) is 6.10. The minimum atomic E-state index is -0.932. The summed E-state index contributed by atoms with van der Waals surface area (Å²) in [5, 5.41) is 17.7. The summed E-state index contributed by atoms with van der Waals surface area (Å²) in [6, 6.07) is 8.71. The number of aromatic nitrogens is 4. The molecule has 3 aromatic rings. The summed E-state index contributed by atoms with van der Waals surface area (Å²) in [5.74, 6) is -0.456. The van der Waals surface area contributed by atoms with Crippen molar-refractivity contribution in [2.45, 2.75) is 38.8 Å². The van der Waals surface area contributed by atoms with Gasteiger partial charge in [0.2, 0.25) is 0 Å². The van der Waals surface area contributed by atoms with E-state index in [2.05, 4.69) is 20.4 Å². The van der Waals surface area contributed by atoms with Gasteiger partial charge >= 0.3 is 5.97 Å². The predicted molar refractivity (Wildman–Crippen MR) is 95.5 cm³/mol. The van der Waals surface area contributed by atoms with Crippen LogP contribution in [0.25, 0.3) is 11.0 Å². The van der Waals surface area contributed by atoms with E-state index in [1.807, 2.05) is 55.8 Å². The zero-order chi connectivity index (χ0) is 18.0. The van der Waals surface area contributed by atoms with E-state index < -0.39 is 12.0 Å². The molecule has 0 radical (unpaired) electrons. The molecule has 130 valence electrons. The number of rotatable bonds is 5. The van der Waals surface area contributed by atoms with Crippen molar-refractivity contribution < 1.29 is 9.90 Å². The maximum absolute atomic E-state index is 11.7. The molecule has 0 saturated heterocycles. The number of hydrogen-bond donors (Lipinski definition) is 2. The van der Waals surface area contributed by atoms with Gasteiger partial charge in [0.05, 0.1) is 17.1 Å². The summed E-state index contributed by atoms with van der Waals surface area (Å²) < 4.78 is 1.81. The Balaban J connectivity index is 1.93. The van der Waals surface area contributed by atoms with Gasteiger partial charge in [0, 0.05) is 6.42 Å². The van der Waals surface area contributed by atoms with Gasteiger partial charge < -0.3 is 10.4 Å². The fourth-order valence-electron chi connectivity index (χ4n) is 2.66. The molecule has 0 spiro atoms.